The Morgan fingerprint density at radius 2 is 1.56 bits per heavy atom. The Hall–Kier alpha value is -2.31. The van der Waals surface area contributed by atoms with E-state index in [9.17, 15) is 23.4 Å². The summed E-state index contributed by atoms with van der Waals surface area (Å²) in [5.74, 6) is -0.995. The molecule has 0 bridgehead atoms. The summed E-state index contributed by atoms with van der Waals surface area (Å²) in [5, 5.41) is 18.9. The third-order valence-corrected chi connectivity index (χ3v) is 2.41. The highest BCUT2D eigenvalue weighted by Gasteiger charge is 2.35. The highest BCUT2D eigenvalue weighted by molar-refractivity contribution is 5.55. The van der Waals surface area contributed by atoms with Gasteiger partial charge in [0, 0.05) is 17.8 Å². The first-order valence-corrected chi connectivity index (χ1v) is 4.87. The van der Waals surface area contributed by atoms with Crippen LogP contribution in [0.3, 0.4) is 0 Å². The highest BCUT2D eigenvalue weighted by Crippen LogP contribution is 2.38. The van der Waals surface area contributed by atoms with E-state index in [0.29, 0.717) is 4.57 Å². The first-order valence-electron chi connectivity index (χ1n) is 4.87. The van der Waals surface area contributed by atoms with E-state index in [4.69, 9.17) is 5.73 Å². The van der Waals surface area contributed by atoms with Crippen molar-refractivity contribution in [3.05, 3.63) is 35.9 Å². The molecule has 7 heteroatoms. The van der Waals surface area contributed by atoms with Crippen LogP contribution in [0.2, 0.25) is 0 Å². The number of halogens is 3. The number of alkyl halides is 3. The number of anilines is 1. The molecule has 0 saturated heterocycles. The zero-order chi connectivity index (χ0) is 13.5. The van der Waals surface area contributed by atoms with Crippen LogP contribution in [0.15, 0.2) is 30.3 Å². The summed E-state index contributed by atoms with van der Waals surface area (Å²) in [6, 6.07) is 5.26. The van der Waals surface area contributed by atoms with E-state index in [-0.39, 0.29) is 5.69 Å². The topological polar surface area (TPSA) is 71.4 Å². The van der Waals surface area contributed by atoms with Crippen molar-refractivity contribution in [2.75, 3.05) is 5.73 Å². The molecular weight excluding hydrogens is 249 g/mol. The normalized spacial score (nSPS) is 11.7. The van der Waals surface area contributed by atoms with Crippen molar-refractivity contribution in [1.82, 2.24) is 4.57 Å². The van der Waals surface area contributed by atoms with Gasteiger partial charge in [0.15, 0.2) is 11.8 Å². The number of nitrogens with zero attached hydrogens (tertiary/aromatic N) is 1. The van der Waals surface area contributed by atoms with Crippen molar-refractivity contribution >= 4 is 5.69 Å². The zero-order valence-electron chi connectivity index (χ0n) is 8.94. The third-order valence-electron chi connectivity index (χ3n) is 2.41. The molecule has 0 aliphatic heterocycles. The van der Waals surface area contributed by atoms with Gasteiger partial charge in [-0.15, -0.1) is 0 Å². The van der Waals surface area contributed by atoms with E-state index in [0.717, 1.165) is 24.3 Å². The third kappa shape index (κ3) is 1.94. The Kier molecular flexibility index (Phi) is 2.61. The second kappa shape index (κ2) is 3.86. The molecule has 0 aliphatic carbocycles. The fourth-order valence-corrected chi connectivity index (χ4v) is 1.64. The smallest absolute Gasteiger partial charge is 0.418 e. The summed E-state index contributed by atoms with van der Waals surface area (Å²) >= 11 is 0. The lowest BCUT2D eigenvalue weighted by Gasteiger charge is -2.15. The Bertz CT molecular complexity index is 571. The Morgan fingerprint density at radius 1 is 1.00 bits per heavy atom. The summed E-state index contributed by atoms with van der Waals surface area (Å²) in [6.07, 6.45) is -4.64. The molecule has 4 N–H and O–H groups in total. The average Bonchev–Trinajstić information content (AvgIpc) is 2.58. The molecule has 1 aromatic heterocycles. The molecule has 0 spiro atoms. The Balaban J connectivity index is 2.73. The van der Waals surface area contributed by atoms with Crippen LogP contribution in [0, 0.1) is 0 Å². The first-order chi connectivity index (χ1) is 8.30. The number of benzene rings is 1. The van der Waals surface area contributed by atoms with Gasteiger partial charge in [-0.3, -0.25) is 4.57 Å². The van der Waals surface area contributed by atoms with Crippen LogP contribution in [0.4, 0.5) is 18.9 Å². The van der Waals surface area contributed by atoms with Gasteiger partial charge in [-0.1, -0.05) is 0 Å². The average molecular weight is 258 g/mol. The van der Waals surface area contributed by atoms with Gasteiger partial charge < -0.3 is 15.9 Å². The molecule has 1 aromatic carbocycles. The van der Waals surface area contributed by atoms with E-state index in [2.05, 4.69) is 0 Å². The second-order valence-corrected chi connectivity index (χ2v) is 3.66. The van der Waals surface area contributed by atoms with Gasteiger partial charge in [0.05, 0.1) is 11.3 Å². The molecular formula is C11H9F3N2O2. The predicted octanol–water partition coefficient (Wildman–Crippen LogP) is 2.49. The fraction of sp³-hybridized carbons (Fsp3) is 0.0909. The molecule has 0 saturated carbocycles. The lowest BCUT2D eigenvalue weighted by atomic mass is 10.1. The van der Waals surface area contributed by atoms with Crippen molar-refractivity contribution < 1.29 is 23.4 Å². The summed E-state index contributed by atoms with van der Waals surface area (Å²) in [4.78, 5) is 0. The molecule has 18 heavy (non-hydrogen) atoms. The lowest BCUT2D eigenvalue weighted by molar-refractivity contribution is -0.137. The Labute approximate surface area is 99.7 Å². The first kappa shape index (κ1) is 12.2. The molecule has 2 aromatic rings. The van der Waals surface area contributed by atoms with Crippen molar-refractivity contribution in [2.24, 2.45) is 0 Å². The fourth-order valence-electron chi connectivity index (χ4n) is 1.64. The van der Waals surface area contributed by atoms with Crippen LogP contribution < -0.4 is 5.73 Å². The SMILES string of the molecule is Nc1ccc(-n2c(O)ccc2O)c(C(F)(F)F)c1. The molecule has 1 heterocycles. The van der Waals surface area contributed by atoms with Crippen LogP contribution in [-0.2, 0) is 6.18 Å². The Morgan fingerprint density at radius 3 is 2.06 bits per heavy atom. The maximum absolute atomic E-state index is 12.9. The molecule has 0 radical (unpaired) electrons. The van der Waals surface area contributed by atoms with E-state index in [1.807, 2.05) is 0 Å². The standard InChI is InChI=1S/C11H9F3N2O2/c12-11(13,14)7-5-6(15)1-2-8(7)16-9(17)3-4-10(16)18/h1-5,17-18H,15H2. The van der Waals surface area contributed by atoms with Crippen LogP contribution in [0.25, 0.3) is 5.69 Å². The number of nitrogens with two attached hydrogens (primary N) is 1. The van der Waals surface area contributed by atoms with E-state index >= 15 is 0 Å². The summed E-state index contributed by atoms with van der Waals surface area (Å²) in [7, 11) is 0. The highest BCUT2D eigenvalue weighted by atomic mass is 19.4. The van der Waals surface area contributed by atoms with Crippen molar-refractivity contribution in [3.63, 3.8) is 0 Å². The number of nitrogen functional groups attached to an aromatic ring is 1. The maximum Gasteiger partial charge on any atom is 0.418 e. The lowest BCUT2D eigenvalue weighted by Crippen LogP contribution is -2.11. The van der Waals surface area contributed by atoms with Crippen molar-refractivity contribution in [1.29, 1.82) is 0 Å². The van der Waals surface area contributed by atoms with Crippen LogP contribution in [0.5, 0.6) is 11.8 Å². The predicted molar refractivity (Wildman–Crippen MR) is 58.5 cm³/mol. The van der Waals surface area contributed by atoms with Gasteiger partial charge in [0.1, 0.15) is 0 Å². The van der Waals surface area contributed by atoms with Crippen LogP contribution in [0.1, 0.15) is 5.56 Å². The van der Waals surface area contributed by atoms with Gasteiger partial charge in [-0.25, -0.2) is 0 Å². The van der Waals surface area contributed by atoms with Crippen LogP contribution >= 0.6 is 0 Å². The number of aromatic nitrogens is 1. The van der Waals surface area contributed by atoms with Gasteiger partial charge in [-0.2, -0.15) is 13.2 Å². The number of hydrogen-bond donors (Lipinski definition) is 3. The minimum Gasteiger partial charge on any atom is -0.494 e. The molecule has 2 rings (SSSR count). The number of hydrogen-bond acceptors (Lipinski definition) is 3. The summed E-state index contributed by atoms with van der Waals surface area (Å²) < 4.78 is 39.2. The molecule has 4 nitrogen and oxygen atoms in total. The minimum atomic E-state index is -4.64. The largest absolute Gasteiger partial charge is 0.494 e. The van der Waals surface area contributed by atoms with Gasteiger partial charge in [0.25, 0.3) is 0 Å². The van der Waals surface area contributed by atoms with Gasteiger partial charge in [0.2, 0.25) is 0 Å². The molecule has 0 fully saturated rings. The second-order valence-electron chi connectivity index (χ2n) is 3.66. The molecule has 0 unspecified atom stereocenters. The van der Waals surface area contributed by atoms with E-state index in [1.54, 1.807) is 0 Å². The summed E-state index contributed by atoms with van der Waals surface area (Å²) in [5.41, 5.74) is 3.83. The maximum atomic E-state index is 12.9. The molecule has 0 atom stereocenters. The minimum absolute atomic E-state index is 0.0581. The molecule has 0 aliphatic rings. The van der Waals surface area contributed by atoms with E-state index in [1.165, 1.54) is 6.07 Å². The quantitative estimate of drug-likeness (QED) is 0.688. The number of aromatic hydroxyl groups is 2. The summed E-state index contributed by atoms with van der Waals surface area (Å²) in [6.45, 7) is 0. The molecule has 96 valence electrons. The van der Waals surface area contributed by atoms with Crippen molar-refractivity contribution in [2.45, 2.75) is 6.18 Å². The van der Waals surface area contributed by atoms with Crippen molar-refractivity contribution in [3.8, 4) is 17.4 Å². The van der Waals surface area contributed by atoms with Gasteiger partial charge in [-0.05, 0) is 18.2 Å². The van der Waals surface area contributed by atoms with Gasteiger partial charge >= 0.3 is 6.18 Å². The van der Waals surface area contributed by atoms with E-state index < -0.39 is 29.2 Å². The number of rotatable bonds is 1. The van der Waals surface area contributed by atoms with Crippen LogP contribution in [-0.4, -0.2) is 14.8 Å². The zero-order valence-corrected chi connectivity index (χ0v) is 8.94. The monoisotopic (exact) mass is 258 g/mol. The molecule has 0 amide bonds.